The number of aryl methyl sites for hydroxylation is 1. The molecule has 7 aromatic rings. The molecule has 0 saturated carbocycles. The fourth-order valence-electron chi connectivity index (χ4n) is 5.10. The smallest absolute Gasteiger partial charge is 0.169 e. The fraction of sp³-hybridized carbons (Fsp3) is 0.0303. The van der Waals surface area contributed by atoms with Crippen LogP contribution in [0.1, 0.15) is 5.56 Å². The Balaban J connectivity index is 1.44. The van der Waals surface area contributed by atoms with Gasteiger partial charge >= 0.3 is 0 Å². The third-order valence-corrected chi connectivity index (χ3v) is 6.99. The van der Waals surface area contributed by atoms with Crippen molar-refractivity contribution in [2.75, 3.05) is 0 Å². The van der Waals surface area contributed by atoms with Crippen molar-refractivity contribution in [2.24, 2.45) is 0 Å². The van der Waals surface area contributed by atoms with Gasteiger partial charge in [-0.15, -0.1) is 10.2 Å². The number of hydrogen-bond donors (Lipinski definition) is 0. The van der Waals surface area contributed by atoms with E-state index in [0.29, 0.717) is 0 Å². The number of benzene rings is 5. The molecule has 0 N–H and O–H groups in total. The Labute approximate surface area is 209 Å². The lowest BCUT2D eigenvalue weighted by Crippen LogP contribution is -1.95. The van der Waals surface area contributed by atoms with Gasteiger partial charge < -0.3 is 0 Å². The molecule has 0 spiro atoms. The first-order chi connectivity index (χ1) is 17.8. The molecule has 0 aliphatic rings. The summed E-state index contributed by atoms with van der Waals surface area (Å²) in [7, 11) is 0. The Morgan fingerprint density at radius 3 is 1.81 bits per heavy atom. The van der Waals surface area contributed by atoms with Crippen LogP contribution in [0.5, 0.6) is 0 Å². The SMILES string of the molecule is Cc1ccc(-c2nnc3c4ccccc4c4cc(-c5ccc(-c6ccccc6)cc5)ccc4n23)cc1. The maximum Gasteiger partial charge on any atom is 0.169 e. The van der Waals surface area contributed by atoms with E-state index < -0.39 is 0 Å². The number of nitrogens with zero attached hydrogens (tertiary/aromatic N) is 3. The second-order valence-electron chi connectivity index (χ2n) is 9.27. The Kier molecular flexibility index (Phi) is 4.68. The molecule has 2 aromatic heterocycles. The second-order valence-corrected chi connectivity index (χ2v) is 9.27. The summed E-state index contributed by atoms with van der Waals surface area (Å²) in [4.78, 5) is 0. The van der Waals surface area contributed by atoms with Crippen molar-refractivity contribution < 1.29 is 0 Å². The predicted octanol–water partition coefficient (Wildman–Crippen LogP) is 8.35. The summed E-state index contributed by atoms with van der Waals surface area (Å²) in [5, 5.41) is 12.7. The molecule has 36 heavy (non-hydrogen) atoms. The number of aromatic nitrogens is 3. The standard InChI is InChI=1S/C33H23N3/c1-22-11-13-26(14-12-22)32-34-35-33-29-10-6-5-9-28(29)30-21-27(19-20-31(30)36(32)33)25-17-15-24(16-18-25)23-7-3-2-4-8-23/h2-21H,1H3. The van der Waals surface area contributed by atoms with Crippen LogP contribution >= 0.6 is 0 Å². The van der Waals surface area contributed by atoms with Crippen molar-refractivity contribution in [1.29, 1.82) is 0 Å². The normalized spacial score (nSPS) is 11.5. The summed E-state index contributed by atoms with van der Waals surface area (Å²) in [6.07, 6.45) is 0. The quantitative estimate of drug-likeness (QED) is 0.248. The van der Waals surface area contributed by atoms with Gasteiger partial charge in [-0.05, 0) is 46.7 Å². The van der Waals surface area contributed by atoms with Crippen LogP contribution in [-0.2, 0) is 0 Å². The summed E-state index contributed by atoms with van der Waals surface area (Å²) < 4.78 is 2.20. The van der Waals surface area contributed by atoms with Gasteiger partial charge in [-0.3, -0.25) is 4.40 Å². The van der Waals surface area contributed by atoms with Crippen molar-refractivity contribution in [3.8, 4) is 33.6 Å². The van der Waals surface area contributed by atoms with Crippen LogP contribution in [0, 0.1) is 6.92 Å². The average Bonchev–Trinajstić information content (AvgIpc) is 3.40. The van der Waals surface area contributed by atoms with Crippen LogP contribution in [0.25, 0.3) is 61.0 Å². The first-order valence-corrected chi connectivity index (χ1v) is 12.2. The maximum absolute atomic E-state index is 4.63. The molecule has 2 heterocycles. The zero-order valence-corrected chi connectivity index (χ0v) is 19.9. The van der Waals surface area contributed by atoms with Gasteiger partial charge in [0.05, 0.1) is 5.52 Å². The molecule has 0 atom stereocenters. The van der Waals surface area contributed by atoms with E-state index in [1.54, 1.807) is 0 Å². The number of fused-ring (bicyclic) bond motifs is 6. The third-order valence-electron chi connectivity index (χ3n) is 6.99. The molecule has 3 heteroatoms. The molecule has 170 valence electrons. The van der Waals surface area contributed by atoms with Gasteiger partial charge in [-0.25, -0.2) is 0 Å². The van der Waals surface area contributed by atoms with Crippen LogP contribution < -0.4 is 0 Å². The summed E-state index contributed by atoms with van der Waals surface area (Å²) in [6.45, 7) is 2.10. The Morgan fingerprint density at radius 2 is 1.06 bits per heavy atom. The second kappa shape index (κ2) is 8.17. The first kappa shape index (κ1) is 20.6. The molecular weight excluding hydrogens is 438 g/mol. The number of pyridine rings is 1. The number of rotatable bonds is 3. The highest BCUT2D eigenvalue weighted by molar-refractivity contribution is 6.13. The molecule has 0 aliphatic heterocycles. The molecule has 0 bridgehead atoms. The summed E-state index contributed by atoms with van der Waals surface area (Å²) in [5.74, 6) is 0.862. The zero-order chi connectivity index (χ0) is 24.1. The van der Waals surface area contributed by atoms with Gasteiger partial charge in [0.15, 0.2) is 11.5 Å². The highest BCUT2D eigenvalue weighted by Crippen LogP contribution is 2.35. The Bertz CT molecular complexity index is 1860. The van der Waals surface area contributed by atoms with Crippen LogP contribution in [0.3, 0.4) is 0 Å². The molecule has 0 radical (unpaired) electrons. The molecule has 3 nitrogen and oxygen atoms in total. The van der Waals surface area contributed by atoms with Crippen molar-refractivity contribution in [1.82, 2.24) is 14.6 Å². The van der Waals surface area contributed by atoms with E-state index >= 15 is 0 Å². The van der Waals surface area contributed by atoms with E-state index in [1.807, 2.05) is 6.07 Å². The summed E-state index contributed by atoms with van der Waals surface area (Å²) >= 11 is 0. The van der Waals surface area contributed by atoms with Crippen LogP contribution in [-0.4, -0.2) is 14.6 Å². The van der Waals surface area contributed by atoms with Crippen LogP contribution in [0.4, 0.5) is 0 Å². The fourth-order valence-corrected chi connectivity index (χ4v) is 5.10. The monoisotopic (exact) mass is 461 g/mol. The Hall–Kier alpha value is -4.76. The van der Waals surface area contributed by atoms with Gasteiger partial charge in [-0.2, -0.15) is 0 Å². The minimum Gasteiger partial charge on any atom is -0.274 e. The minimum atomic E-state index is 0.862. The molecule has 5 aromatic carbocycles. The Morgan fingerprint density at radius 1 is 0.472 bits per heavy atom. The molecule has 0 amide bonds. The maximum atomic E-state index is 4.63. The topological polar surface area (TPSA) is 30.2 Å². The van der Waals surface area contributed by atoms with E-state index in [0.717, 1.165) is 27.9 Å². The van der Waals surface area contributed by atoms with Crippen molar-refractivity contribution in [3.63, 3.8) is 0 Å². The molecule has 0 fully saturated rings. The zero-order valence-electron chi connectivity index (χ0n) is 19.9. The lowest BCUT2D eigenvalue weighted by Gasteiger charge is -2.12. The van der Waals surface area contributed by atoms with Gasteiger partial charge in [0.25, 0.3) is 0 Å². The van der Waals surface area contributed by atoms with Crippen molar-refractivity contribution in [2.45, 2.75) is 6.92 Å². The molecular formula is C33H23N3. The highest BCUT2D eigenvalue weighted by Gasteiger charge is 2.16. The van der Waals surface area contributed by atoms with E-state index in [2.05, 4.69) is 137 Å². The summed E-state index contributed by atoms with van der Waals surface area (Å²) in [6, 6.07) is 43.0. The lowest BCUT2D eigenvalue weighted by molar-refractivity contribution is 1.12. The molecule has 0 saturated heterocycles. The molecule has 0 unspecified atom stereocenters. The van der Waals surface area contributed by atoms with Gasteiger partial charge in [-0.1, -0.05) is 115 Å². The summed E-state index contributed by atoms with van der Waals surface area (Å²) in [5.41, 5.74) is 9.12. The predicted molar refractivity (Wildman–Crippen MR) is 149 cm³/mol. The average molecular weight is 462 g/mol. The third kappa shape index (κ3) is 3.29. The van der Waals surface area contributed by atoms with Gasteiger partial charge in [0, 0.05) is 16.3 Å². The largest absolute Gasteiger partial charge is 0.274 e. The van der Waals surface area contributed by atoms with E-state index in [4.69, 9.17) is 0 Å². The molecule has 7 rings (SSSR count). The first-order valence-electron chi connectivity index (χ1n) is 12.2. The van der Waals surface area contributed by atoms with E-state index in [9.17, 15) is 0 Å². The van der Waals surface area contributed by atoms with Crippen LogP contribution in [0.2, 0.25) is 0 Å². The number of hydrogen-bond acceptors (Lipinski definition) is 2. The van der Waals surface area contributed by atoms with Gasteiger partial charge in [0.1, 0.15) is 0 Å². The van der Waals surface area contributed by atoms with Gasteiger partial charge in [0.2, 0.25) is 0 Å². The highest BCUT2D eigenvalue weighted by atomic mass is 15.2. The minimum absolute atomic E-state index is 0.862. The van der Waals surface area contributed by atoms with Crippen molar-refractivity contribution in [3.05, 3.63) is 127 Å². The van der Waals surface area contributed by atoms with Crippen LogP contribution in [0.15, 0.2) is 121 Å². The van der Waals surface area contributed by atoms with Crippen molar-refractivity contribution >= 4 is 27.3 Å². The van der Waals surface area contributed by atoms with E-state index in [-0.39, 0.29) is 0 Å². The lowest BCUT2D eigenvalue weighted by atomic mass is 9.97. The molecule has 0 aliphatic carbocycles. The van der Waals surface area contributed by atoms with E-state index in [1.165, 1.54) is 38.6 Å².